The maximum absolute atomic E-state index is 3.51. The highest BCUT2D eigenvalue weighted by Gasteiger charge is 2.07. The molecule has 4 bridgehead atoms. The zero-order valence-corrected chi connectivity index (χ0v) is 12.9. The summed E-state index contributed by atoms with van der Waals surface area (Å²) in [6.45, 7) is 0. The topological polar surface area (TPSA) is 12.0 Å². The number of rotatable bonds is 0. The first kappa shape index (κ1) is 12.9. The largest absolute Gasteiger partial charge is 0.355 e. The highest BCUT2D eigenvalue weighted by molar-refractivity contribution is 8.00. The molecule has 4 aliphatic heterocycles. The lowest BCUT2D eigenvalue weighted by atomic mass is 10.2. The van der Waals surface area contributed by atoms with Crippen molar-refractivity contribution in [2.24, 2.45) is 0 Å². The summed E-state index contributed by atoms with van der Waals surface area (Å²) in [5.41, 5.74) is 2.26. The molecule has 1 nitrogen and oxygen atoms in total. The van der Waals surface area contributed by atoms with Gasteiger partial charge in [0.2, 0.25) is 0 Å². The molecule has 0 radical (unpaired) electrons. The molecule has 1 N–H and O–H groups in total. The first-order valence-electron chi connectivity index (χ1n) is 6.79. The van der Waals surface area contributed by atoms with Crippen LogP contribution in [0.15, 0.2) is 92.4 Å². The average Bonchev–Trinajstić information content (AvgIpc) is 2.56. The van der Waals surface area contributed by atoms with Crippen molar-refractivity contribution >= 4 is 34.9 Å². The second-order valence-electron chi connectivity index (χ2n) is 4.82. The zero-order valence-electron chi connectivity index (χ0n) is 11.2. The fourth-order valence-corrected chi connectivity index (χ4v) is 3.98. The smallest absolute Gasteiger partial charge is 0.0526 e. The Bertz CT molecular complexity index is 697. The van der Waals surface area contributed by atoms with E-state index in [9.17, 15) is 0 Å². The number of hydrogen-bond acceptors (Lipinski definition) is 3. The van der Waals surface area contributed by atoms with Crippen molar-refractivity contribution in [1.82, 2.24) is 0 Å². The van der Waals surface area contributed by atoms with E-state index in [0.29, 0.717) is 0 Å². The van der Waals surface area contributed by atoms with E-state index in [1.165, 1.54) is 19.6 Å². The van der Waals surface area contributed by atoms with Crippen molar-refractivity contribution in [3.05, 3.63) is 72.8 Å². The third-order valence-corrected chi connectivity index (χ3v) is 5.41. The molecule has 3 heteroatoms. The molecule has 21 heavy (non-hydrogen) atoms. The Kier molecular flexibility index (Phi) is 3.37. The Balaban J connectivity index is 1.87. The maximum atomic E-state index is 3.51. The van der Waals surface area contributed by atoms with E-state index in [1.54, 1.807) is 23.5 Å². The van der Waals surface area contributed by atoms with E-state index in [0.717, 1.165) is 11.4 Å². The molecule has 0 amide bonds. The van der Waals surface area contributed by atoms with Gasteiger partial charge in [-0.2, -0.15) is 0 Å². The van der Waals surface area contributed by atoms with Crippen LogP contribution in [0.25, 0.3) is 0 Å². The Hall–Kier alpha value is -1.84. The first-order valence-corrected chi connectivity index (χ1v) is 8.42. The minimum atomic E-state index is 1.12. The minimum Gasteiger partial charge on any atom is -0.355 e. The van der Waals surface area contributed by atoms with Crippen LogP contribution in [-0.4, -0.2) is 0 Å². The van der Waals surface area contributed by atoms with Crippen molar-refractivity contribution in [1.29, 1.82) is 0 Å². The molecule has 4 aliphatic rings. The first-order chi connectivity index (χ1) is 10.4. The summed E-state index contributed by atoms with van der Waals surface area (Å²) in [7, 11) is 0. The molecule has 0 aromatic heterocycles. The normalized spacial score (nSPS) is 12.8. The summed E-state index contributed by atoms with van der Waals surface area (Å²) < 4.78 is 0. The van der Waals surface area contributed by atoms with Gasteiger partial charge in [0, 0.05) is 25.3 Å². The lowest BCUT2D eigenvalue weighted by molar-refractivity contribution is 1.33. The molecule has 3 aromatic rings. The van der Waals surface area contributed by atoms with Gasteiger partial charge in [0.15, 0.2) is 0 Å². The van der Waals surface area contributed by atoms with Crippen LogP contribution < -0.4 is 5.32 Å². The molecule has 102 valence electrons. The summed E-state index contributed by atoms with van der Waals surface area (Å²) in [6.07, 6.45) is 0. The van der Waals surface area contributed by atoms with Gasteiger partial charge in [-0.3, -0.25) is 0 Å². The molecule has 0 spiro atoms. The van der Waals surface area contributed by atoms with Crippen LogP contribution in [0.2, 0.25) is 0 Å². The van der Waals surface area contributed by atoms with Crippen molar-refractivity contribution in [2.75, 3.05) is 5.32 Å². The van der Waals surface area contributed by atoms with Crippen LogP contribution in [0, 0.1) is 0 Å². The quantitative estimate of drug-likeness (QED) is 0.425. The van der Waals surface area contributed by atoms with Crippen LogP contribution in [0.4, 0.5) is 11.4 Å². The van der Waals surface area contributed by atoms with Gasteiger partial charge in [0.25, 0.3) is 0 Å². The monoisotopic (exact) mass is 307 g/mol. The van der Waals surface area contributed by atoms with Crippen molar-refractivity contribution < 1.29 is 0 Å². The summed E-state index contributed by atoms with van der Waals surface area (Å²) in [6, 6.07) is 25.8. The molecule has 0 fully saturated rings. The second-order valence-corrected chi connectivity index (χ2v) is 7.08. The number of nitrogens with one attached hydrogen (secondary N) is 1. The van der Waals surface area contributed by atoms with Gasteiger partial charge >= 0.3 is 0 Å². The third kappa shape index (κ3) is 2.80. The molecule has 7 rings (SSSR count). The van der Waals surface area contributed by atoms with E-state index in [1.807, 2.05) is 0 Å². The molecule has 0 unspecified atom stereocenters. The van der Waals surface area contributed by atoms with E-state index in [-0.39, 0.29) is 0 Å². The van der Waals surface area contributed by atoms with Gasteiger partial charge in [-0.15, -0.1) is 0 Å². The third-order valence-electron chi connectivity index (χ3n) is 3.31. The molecule has 4 heterocycles. The van der Waals surface area contributed by atoms with E-state index < -0.39 is 0 Å². The number of benzene rings is 3. The maximum Gasteiger partial charge on any atom is 0.0526 e. The average molecular weight is 307 g/mol. The Morgan fingerprint density at radius 1 is 0.571 bits per heavy atom. The fraction of sp³-hybridized carbons (Fsp3) is 0. The second kappa shape index (κ2) is 5.51. The molecule has 3 aromatic carbocycles. The standard InChI is InChI=1S/C18H13NS2/c1-2-4-18-17(3-1)19-13-5-7-14(8-6-13)20-15-9-11-16(21-18)12-10-15/h1-12,19H. The molecule has 0 saturated carbocycles. The molecular weight excluding hydrogens is 294 g/mol. The van der Waals surface area contributed by atoms with Gasteiger partial charge in [0.1, 0.15) is 0 Å². The molecule has 0 saturated heterocycles. The minimum absolute atomic E-state index is 1.12. The van der Waals surface area contributed by atoms with E-state index in [4.69, 9.17) is 0 Å². The van der Waals surface area contributed by atoms with Crippen molar-refractivity contribution in [3.8, 4) is 0 Å². The van der Waals surface area contributed by atoms with Crippen LogP contribution >= 0.6 is 23.5 Å². The van der Waals surface area contributed by atoms with Gasteiger partial charge in [0.05, 0.1) is 5.69 Å². The number of hydrogen-bond donors (Lipinski definition) is 1. The predicted molar refractivity (Wildman–Crippen MR) is 90.9 cm³/mol. The summed E-state index contributed by atoms with van der Waals surface area (Å²) in [5.74, 6) is 0. The molecular formula is C18H13NS2. The van der Waals surface area contributed by atoms with Crippen molar-refractivity contribution in [3.63, 3.8) is 0 Å². The van der Waals surface area contributed by atoms with E-state index >= 15 is 0 Å². The lowest BCUT2D eigenvalue weighted by Gasteiger charge is -2.11. The summed E-state index contributed by atoms with van der Waals surface area (Å²) in [5, 5.41) is 3.51. The fourth-order valence-electron chi connectivity index (χ4n) is 2.26. The van der Waals surface area contributed by atoms with Crippen molar-refractivity contribution in [2.45, 2.75) is 19.6 Å². The van der Waals surface area contributed by atoms with Crippen LogP contribution in [0.1, 0.15) is 0 Å². The summed E-state index contributed by atoms with van der Waals surface area (Å²) >= 11 is 3.58. The van der Waals surface area contributed by atoms with Gasteiger partial charge in [-0.05, 0) is 60.7 Å². The highest BCUT2D eigenvalue weighted by Crippen LogP contribution is 2.37. The van der Waals surface area contributed by atoms with Crippen LogP contribution in [-0.2, 0) is 0 Å². The van der Waals surface area contributed by atoms with Gasteiger partial charge in [-0.1, -0.05) is 35.7 Å². The predicted octanol–water partition coefficient (Wildman–Crippen LogP) is 6.05. The van der Waals surface area contributed by atoms with Crippen LogP contribution in [0.5, 0.6) is 0 Å². The Morgan fingerprint density at radius 2 is 1.14 bits per heavy atom. The number of anilines is 2. The highest BCUT2D eigenvalue weighted by atomic mass is 32.2. The lowest BCUT2D eigenvalue weighted by Crippen LogP contribution is -1.91. The molecule has 0 aliphatic carbocycles. The Morgan fingerprint density at radius 3 is 1.86 bits per heavy atom. The number of para-hydroxylation sites is 1. The molecule has 0 atom stereocenters. The SMILES string of the molecule is c1ccc2c(c1)Nc1ccc(cc1)Sc1ccc(cc1)S2. The van der Waals surface area contributed by atoms with Gasteiger partial charge < -0.3 is 5.32 Å². The summed E-state index contributed by atoms with van der Waals surface area (Å²) in [4.78, 5) is 5.03. The van der Waals surface area contributed by atoms with E-state index in [2.05, 4.69) is 78.1 Å². The zero-order chi connectivity index (χ0) is 14.1. The van der Waals surface area contributed by atoms with Gasteiger partial charge in [-0.25, -0.2) is 0 Å². The Labute approximate surface area is 132 Å². The van der Waals surface area contributed by atoms with Crippen LogP contribution in [0.3, 0.4) is 0 Å².